The summed E-state index contributed by atoms with van der Waals surface area (Å²) in [6.45, 7) is 4.34. The van der Waals surface area contributed by atoms with Crippen molar-refractivity contribution in [1.82, 2.24) is 5.32 Å². The first-order valence-electron chi connectivity index (χ1n) is 10.4. The average Bonchev–Trinajstić information content (AvgIpc) is 3.11. The molecule has 0 radical (unpaired) electrons. The number of benzene rings is 3. The normalized spacial score (nSPS) is 15.6. The second kappa shape index (κ2) is 10.7. The van der Waals surface area contributed by atoms with Crippen molar-refractivity contribution in [3.8, 4) is 11.5 Å². The van der Waals surface area contributed by atoms with E-state index in [-0.39, 0.29) is 5.91 Å². The number of nitrogens with one attached hydrogen (secondary N) is 1. The minimum Gasteiger partial charge on any atom is -0.493 e. The number of carbonyl (C=O) groups excluding carboxylic acids is 1. The number of aliphatic imine (C=N–C) groups is 1. The predicted molar refractivity (Wildman–Crippen MR) is 143 cm³/mol. The van der Waals surface area contributed by atoms with Crippen molar-refractivity contribution in [2.45, 2.75) is 20.5 Å². The summed E-state index contributed by atoms with van der Waals surface area (Å²) in [5, 5.41) is 4.02. The molecule has 3 aromatic rings. The summed E-state index contributed by atoms with van der Waals surface area (Å²) in [5.41, 5.74) is 4.72. The second-order valence-electron chi connectivity index (χ2n) is 7.74. The number of thioether (sulfide) groups is 1. The van der Waals surface area contributed by atoms with Crippen LogP contribution in [0.5, 0.6) is 11.5 Å². The van der Waals surface area contributed by atoms with Gasteiger partial charge in [0.05, 0.1) is 22.2 Å². The van der Waals surface area contributed by atoms with Gasteiger partial charge in [-0.3, -0.25) is 4.79 Å². The van der Waals surface area contributed by atoms with E-state index >= 15 is 0 Å². The number of rotatable bonds is 6. The Hall–Kier alpha value is -2.74. The van der Waals surface area contributed by atoms with Crippen LogP contribution < -0.4 is 14.8 Å². The average molecular weight is 558 g/mol. The van der Waals surface area contributed by atoms with Gasteiger partial charge in [0.15, 0.2) is 16.7 Å². The number of halogens is 2. The van der Waals surface area contributed by atoms with Crippen molar-refractivity contribution in [2.75, 3.05) is 7.11 Å². The first-order chi connectivity index (χ1) is 16.3. The molecule has 1 heterocycles. The highest BCUT2D eigenvalue weighted by Crippen LogP contribution is 2.39. The van der Waals surface area contributed by atoms with Crippen molar-refractivity contribution in [1.29, 1.82) is 0 Å². The minimum atomic E-state index is -0.192. The molecule has 1 aliphatic heterocycles. The molecule has 5 nitrogen and oxygen atoms in total. The molecule has 0 saturated carbocycles. The minimum absolute atomic E-state index is 0.192. The van der Waals surface area contributed by atoms with Gasteiger partial charge in [-0.15, -0.1) is 0 Å². The van der Waals surface area contributed by atoms with Crippen molar-refractivity contribution >= 4 is 62.1 Å². The smallest absolute Gasteiger partial charge is 0.264 e. The first-order valence-corrected chi connectivity index (χ1v) is 12.4. The maximum atomic E-state index is 12.5. The van der Waals surface area contributed by atoms with E-state index in [0.717, 1.165) is 27.9 Å². The third kappa shape index (κ3) is 5.84. The summed E-state index contributed by atoms with van der Waals surface area (Å²) >= 11 is 11.1. The van der Waals surface area contributed by atoms with Crippen molar-refractivity contribution < 1.29 is 14.3 Å². The zero-order valence-electron chi connectivity index (χ0n) is 18.8. The van der Waals surface area contributed by atoms with E-state index in [0.29, 0.717) is 37.7 Å². The number of carbonyl (C=O) groups is 1. The Morgan fingerprint density at radius 2 is 1.85 bits per heavy atom. The van der Waals surface area contributed by atoms with Crippen LogP contribution in [0.15, 0.2) is 69.0 Å². The Morgan fingerprint density at radius 1 is 1.12 bits per heavy atom. The van der Waals surface area contributed by atoms with E-state index < -0.39 is 0 Å². The number of hydrogen-bond donors (Lipinski definition) is 1. The SMILES string of the molecule is COc1cc(C=C2SC(=Nc3cc(C)cc(C)c3)NC2=O)cc(Br)c1OCc1ccccc1Cl. The fraction of sp³-hybridized carbons (Fsp3) is 0.154. The van der Waals surface area contributed by atoms with Crippen LogP contribution in [0.3, 0.4) is 0 Å². The summed E-state index contributed by atoms with van der Waals surface area (Å²) in [7, 11) is 1.58. The van der Waals surface area contributed by atoms with Crippen molar-refractivity contribution in [3.63, 3.8) is 0 Å². The van der Waals surface area contributed by atoms with Gasteiger partial charge in [-0.2, -0.15) is 0 Å². The maximum Gasteiger partial charge on any atom is 0.264 e. The number of amidine groups is 1. The fourth-order valence-electron chi connectivity index (χ4n) is 3.49. The molecule has 1 saturated heterocycles. The van der Waals surface area contributed by atoms with Gasteiger partial charge >= 0.3 is 0 Å². The molecule has 1 amide bonds. The van der Waals surface area contributed by atoms with Gasteiger partial charge < -0.3 is 14.8 Å². The number of amides is 1. The lowest BCUT2D eigenvalue weighted by molar-refractivity contribution is -0.115. The van der Waals surface area contributed by atoms with Gasteiger partial charge in [-0.25, -0.2) is 4.99 Å². The highest BCUT2D eigenvalue weighted by atomic mass is 79.9. The maximum absolute atomic E-state index is 12.5. The molecule has 0 aromatic heterocycles. The summed E-state index contributed by atoms with van der Waals surface area (Å²) in [4.78, 5) is 17.7. The van der Waals surface area contributed by atoms with Crippen molar-refractivity contribution in [3.05, 3.63) is 91.3 Å². The molecule has 0 atom stereocenters. The van der Waals surface area contributed by atoms with Gasteiger partial charge in [0.25, 0.3) is 5.91 Å². The van der Waals surface area contributed by atoms with E-state index in [2.05, 4.69) is 32.3 Å². The topological polar surface area (TPSA) is 59.9 Å². The zero-order chi connectivity index (χ0) is 24.2. The van der Waals surface area contributed by atoms with E-state index in [9.17, 15) is 4.79 Å². The molecule has 174 valence electrons. The van der Waals surface area contributed by atoms with Crippen LogP contribution in [-0.4, -0.2) is 18.2 Å². The van der Waals surface area contributed by atoms with Crippen LogP contribution in [0, 0.1) is 13.8 Å². The fourth-order valence-corrected chi connectivity index (χ4v) is 5.10. The Bertz CT molecular complexity index is 1300. The lowest BCUT2D eigenvalue weighted by atomic mass is 10.1. The second-order valence-corrected chi connectivity index (χ2v) is 10.0. The molecule has 0 spiro atoms. The summed E-state index contributed by atoms with van der Waals surface area (Å²) in [6, 6.07) is 17.3. The Morgan fingerprint density at radius 3 is 2.56 bits per heavy atom. The Balaban J connectivity index is 1.55. The molecule has 1 aliphatic rings. The summed E-state index contributed by atoms with van der Waals surface area (Å²) in [6.07, 6.45) is 1.80. The molecule has 0 unspecified atom stereocenters. The van der Waals surface area contributed by atoms with Crippen molar-refractivity contribution in [2.24, 2.45) is 4.99 Å². The van der Waals surface area contributed by atoms with E-state index in [1.807, 2.05) is 62.4 Å². The van der Waals surface area contributed by atoms with Gasteiger partial charge in [0.2, 0.25) is 0 Å². The largest absolute Gasteiger partial charge is 0.493 e. The molecule has 3 aromatic carbocycles. The summed E-state index contributed by atoms with van der Waals surface area (Å²) < 4.78 is 12.3. The number of aryl methyl sites for hydroxylation is 2. The van der Waals surface area contributed by atoms with Gasteiger partial charge in [-0.05, 0) is 94.6 Å². The molecule has 8 heteroatoms. The van der Waals surface area contributed by atoms with Gasteiger partial charge in [0, 0.05) is 10.6 Å². The number of ether oxygens (including phenoxy) is 2. The molecule has 0 aliphatic carbocycles. The standard InChI is InChI=1S/C26H22BrClN2O3S/c1-15-8-16(2)10-19(9-15)29-26-30-25(31)23(34-26)13-17-11-20(27)24(22(12-17)32-3)33-14-18-6-4-5-7-21(18)28/h4-13H,14H2,1-3H3,(H,29,30,31). The molecule has 1 fully saturated rings. The Kier molecular flexibility index (Phi) is 7.66. The van der Waals surface area contributed by atoms with Gasteiger partial charge in [-0.1, -0.05) is 35.9 Å². The Labute approximate surface area is 216 Å². The monoisotopic (exact) mass is 556 g/mol. The van der Waals surface area contributed by atoms with Crippen LogP contribution in [0.1, 0.15) is 22.3 Å². The predicted octanol–water partition coefficient (Wildman–Crippen LogP) is 7.20. The van der Waals surface area contributed by atoms with Crippen LogP contribution in [0.4, 0.5) is 5.69 Å². The van der Waals surface area contributed by atoms with E-state index in [1.54, 1.807) is 13.2 Å². The third-order valence-corrected chi connectivity index (χ3v) is 6.83. The zero-order valence-corrected chi connectivity index (χ0v) is 22.0. The highest BCUT2D eigenvalue weighted by Gasteiger charge is 2.24. The van der Waals surface area contributed by atoms with Gasteiger partial charge in [0.1, 0.15) is 6.61 Å². The molecular weight excluding hydrogens is 536 g/mol. The molecule has 0 bridgehead atoms. The molecule has 1 N–H and O–H groups in total. The van der Waals surface area contributed by atoms with E-state index in [4.69, 9.17) is 21.1 Å². The first kappa shape index (κ1) is 24.4. The third-order valence-electron chi connectivity index (χ3n) is 4.97. The van der Waals surface area contributed by atoms with Crippen LogP contribution in [0.2, 0.25) is 5.02 Å². The highest BCUT2D eigenvalue weighted by molar-refractivity contribution is 9.10. The lowest BCUT2D eigenvalue weighted by Gasteiger charge is -2.14. The molecule has 34 heavy (non-hydrogen) atoms. The molecule has 4 rings (SSSR count). The lowest BCUT2D eigenvalue weighted by Crippen LogP contribution is -2.19. The van der Waals surface area contributed by atoms with Crippen LogP contribution in [-0.2, 0) is 11.4 Å². The number of nitrogens with zero attached hydrogens (tertiary/aromatic N) is 1. The van der Waals surface area contributed by atoms with Crippen LogP contribution >= 0.6 is 39.3 Å². The summed E-state index contributed by atoms with van der Waals surface area (Å²) in [5.74, 6) is 0.910. The van der Waals surface area contributed by atoms with Crippen LogP contribution in [0.25, 0.3) is 6.08 Å². The number of methoxy groups -OCH3 is 1. The molecular formula is C26H22BrClN2O3S. The quantitative estimate of drug-likeness (QED) is 0.326. The van der Waals surface area contributed by atoms with E-state index in [1.165, 1.54) is 11.8 Å². The number of hydrogen-bond acceptors (Lipinski definition) is 5.